The number of aliphatic carboxylic acids is 1. The van der Waals surface area contributed by atoms with E-state index in [-0.39, 0.29) is 137 Å². The van der Waals surface area contributed by atoms with Crippen molar-refractivity contribution in [1.82, 2.24) is 56.8 Å². The molecule has 618 valence electrons. The molecule has 3 fully saturated rings. The van der Waals surface area contributed by atoms with E-state index < -0.39 is 125 Å². The second kappa shape index (κ2) is 44.9. The molecule has 2 saturated heterocycles. The Morgan fingerprint density at radius 1 is 0.730 bits per heavy atom. The zero-order valence-corrected chi connectivity index (χ0v) is 68.1. The fourth-order valence-electron chi connectivity index (χ4n) is 14.1. The van der Waals surface area contributed by atoms with E-state index in [1.165, 1.54) is 40.7 Å². The highest BCUT2D eigenvalue weighted by Crippen LogP contribution is 2.52. The average molecular weight is 1580 g/mol. The van der Waals surface area contributed by atoms with Crippen LogP contribution in [0.4, 0.5) is 20.1 Å². The molecule has 0 spiro atoms. The number of alkyl carbamates (subject to hydrolysis) is 2. The molecule has 13 amide bonds. The van der Waals surface area contributed by atoms with Gasteiger partial charge in [0.2, 0.25) is 53.2 Å². The number of likely N-dealkylation sites (tertiary alicyclic amines) is 2. The van der Waals surface area contributed by atoms with Gasteiger partial charge in [-0.05, 0) is 119 Å². The molecule has 5 rings (SSSR count). The van der Waals surface area contributed by atoms with Crippen LogP contribution in [-0.4, -0.2) is 248 Å². The van der Waals surface area contributed by atoms with E-state index in [9.17, 15) is 72.2 Å². The second-order valence-electron chi connectivity index (χ2n) is 30.7. The quantitative estimate of drug-likeness (QED) is 0.0227. The van der Waals surface area contributed by atoms with Gasteiger partial charge in [-0.1, -0.05) is 104 Å². The number of Topliss-reactive ketones (excluding diaryl/α,β-unsaturated/α-hetero) is 1. The number of carbonyl (C=O) groups is 14. The third-order valence-electron chi connectivity index (χ3n) is 20.5. The van der Waals surface area contributed by atoms with Crippen molar-refractivity contribution in [3.8, 4) is 0 Å². The monoisotopic (exact) mass is 1580 g/mol. The number of aryl methyl sites for hydroxylation is 2. The molecular weight excluding hydrogens is 1450 g/mol. The van der Waals surface area contributed by atoms with Gasteiger partial charge in [0, 0.05) is 83.7 Å². The Kier molecular flexibility index (Phi) is 37.5. The molecule has 2 heterocycles. The number of rotatable bonds is 47. The van der Waals surface area contributed by atoms with Crippen LogP contribution < -0.4 is 48.3 Å². The number of ketones is 1. The molecule has 0 unspecified atom stereocenters. The van der Waals surface area contributed by atoms with Gasteiger partial charge in [0.05, 0.1) is 67.4 Å². The molecule has 11 atom stereocenters. The van der Waals surface area contributed by atoms with E-state index in [2.05, 4.69) is 42.5 Å². The number of nitrogens with one attached hydrogen (secondary N) is 8. The summed E-state index contributed by atoms with van der Waals surface area (Å²) in [6.07, 6.45) is -0.336. The van der Waals surface area contributed by atoms with Gasteiger partial charge in [-0.2, -0.15) is 0 Å². The van der Waals surface area contributed by atoms with E-state index >= 15 is 0 Å². The van der Waals surface area contributed by atoms with Crippen molar-refractivity contribution in [2.24, 2.45) is 34.8 Å². The number of anilines is 1. The summed E-state index contributed by atoms with van der Waals surface area (Å²) in [6, 6.07) is 5.83. The number of carbonyl (C=O) groups excluding carboxylic acids is 13. The first kappa shape index (κ1) is 92.7. The fourth-order valence-corrected chi connectivity index (χ4v) is 15.6. The van der Waals surface area contributed by atoms with Crippen molar-refractivity contribution in [2.45, 2.75) is 226 Å². The Hall–Kier alpha value is -8.95. The summed E-state index contributed by atoms with van der Waals surface area (Å²) >= 11 is 1.34. The van der Waals surface area contributed by atoms with Crippen LogP contribution in [0.15, 0.2) is 42.5 Å². The lowest BCUT2D eigenvalue weighted by atomic mass is 9.93. The third-order valence-corrected chi connectivity index (χ3v) is 22.0. The molecule has 111 heavy (non-hydrogen) atoms. The molecule has 33 heteroatoms. The number of ether oxygens (including phenoxy) is 4. The third kappa shape index (κ3) is 29.0. The van der Waals surface area contributed by atoms with Crippen LogP contribution in [0.25, 0.3) is 0 Å². The van der Waals surface area contributed by atoms with Gasteiger partial charge in [0.15, 0.2) is 5.78 Å². The molecular formula is C78H121N13O19S. The van der Waals surface area contributed by atoms with Crippen molar-refractivity contribution >= 4 is 101 Å². The number of thioether (sulfide) groups is 1. The number of imide groups is 1. The van der Waals surface area contributed by atoms with Crippen LogP contribution in [0.2, 0.25) is 0 Å². The van der Waals surface area contributed by atoms with Gasteiger partial charge < -0.3 is 82.1 Å². The van der Waals surface area contributed by atoms with Gasteiger partial charge >= 0.3 is 24.2 Å². The predicted molar refractivity (Wildman–Crippen MR) is 416 cm³/mol. The van der Waals surface area contributed by atoms with Crippen molar-refractivity contribution in [1.29, 1.82) is 0 Å². The average Bonchev–Trinajstić information content (AvgIpc) is 1.68. The Bertz CT molecular complexity index is 3530. The molecule has 1 aliphatic carbocycles. The number of benzene rings is 2. The fraction of sp³-hybridized carbons (Fsp3) is 0.667. The van der Waals surface area contributed by atoms with E-state index in [1.54, 1.807) is 77.1 Å². The van der Waals surface area contributed by atoms with E-state index in [0.29, 0.717) is 54.7 Å². The number of nitrogens with zero attached hydrogens (tertiary/aromatic N) is 4. The van der Waals surface area contributed by atoms with Gasteiger partial charge in [-0.15, -0.1) is 11.8 Å². The van der Waals surface area contributed by atoms with Crippen molar-refractivity contribution < 1.29 is 91.2 Å². The maximum absolute atomic E-state index is 14.9. The van der Waals surface area contributed by atoms with Crippen LogP contribution in [0.1, 0.15) is 172 Å². The van der Waals surface area contributed by atoms with E-state index in [1.807, 2.05) is 60.6 Å². The van der Waals surface area contributed by atoms with E-state index in [4.69, 9.17) is 24.7 Å². The van der Waals surface area contributed by atoms with Gasteiger partial charge in [0.25, 0.3) is 0 Å². The summed E-state index contributed by atoms with van der Waals surface area (Å²) in [6.45, 7) is 17.7. The van der Waals surface area contributed by atoms with Crippen LogP contribution >= 0.6 is 11.8 Å². The minimum absolute atomic E-state index is 0.0222. The summed E-state index contributed by atoms with van der Waals surface area (Å²) in [4.78, 5) is 192. The van der Waals surface area contributed by atoms with Crippen molar-refractivity contribution in [3.05, 3.63) is 64.7 Å². The van der Waals surface area contributed by atoms with Crippen LogP contribution in [0.5, 0.6) is 0 Å². The molecule has 11 N–H and O–H groups in total. The summed E-state index contributed by atoms with van der Waals surface area (Å²) < 4.78 is 23.4. The number of hydrogen-bond acceptors (Lipinski definition) is 20. The number of urea groups is 1. The maximum Gasteiger partial charge on any atom is 0.407 e. The van der Waals surface area contributed by atoms with E-state index in [0.717, 1.165) is 24.0 Å². The highest BCUT2D eigenvalue weighted by molar-refractivity contribution is 8.00. The molecule has 2 aromatic carbocycles. The zero-order chi connectivity index (χ0) is 82.6. The van der Waals surface area contributed by atoms with Gasteiger partial charge in [-0.25, -0.2) is 14.4 Å². The largest absolute Gasteiger partial charge is 0.481 e. The SMILES string of the molecule is CCC[C@@H]([C@@H](CC(=O)N1C[C@@H](OC(=O)NCCNC(=O)OCc2ccc(NC(=O)[C@H](CCCNC(N)=O)NC(=O)[C@@H](NC(=O)CCCCCN3C(=O)C[C@H](SCC4(CC(=O)O)CC4)C3=O)C(C)C)cc2)C[C@H]1[C@H](OC)[C@@H](C)C(=O)NCC(=O)c1ccc(C)cc1C)OC)N(C)C(=O)[C@@H](NC(=O)[C@H](C(C)C)N(C)C)C(C)C. The number of hydrogen-bond donors (Lipinski definition) is 10. The number of carboxylic acids is 1. The lowest BCUT2D eigenvalue weighted by molar-refractivity contribution is -0.146. The lowest BCUT2D eigenvalue weighted by Crippen LogP contribution is -2.58. The standard InChI is InChI=1S/C78H121N13O19S/c1-16-21-56(89(13)74(103)66(46(4)5)87-72(101)67(47(6)7)88(11)12)59(107-14)38-62(94)91-42-53(37-57(91)68(108-15)50(10)69(98)83-41-58(92)54-29-24-48(8)36-49(54)9)110-77(106)82-34-33-81-76(105)109-43-51-25-27-52(28-26-51)84-70(99)55(22-20-32-80-75(79)104)85-71(100)65(45(2)3)86-61(93)23-18-17-19-35-90-63(95)39-60(73(90)102)111-44-78(30-31-78)40-64(96)97/h24-29,36,45-47,50,53,55-57,59-60,65-68H,16-23,30-35,37-44H2,1-15H3,(H,81,105)(H,82,106)(H,83,98)(H,84,99)(H,85,100)(H,86,93)(H,87,101)(H,96,97)(H3,79,80,104)/t50-,53+,55+,56+,57+,59-,60+,65+,66+,67+,68-/m1/s1. The molecule has 3 aliphatic rings. The zero-order valence-electron chi connectivity index (χ0n) is 67.3. The normalized spacial score (nSPS) is 18.0. The summed E-state index contributed by atoms with van der Waals surface area (Å²) in [7, 11) is 8.07. The number of primary amides is 1. The number of amides is 13. The Labute approximate surface area is 656 Å². The number of carboxylic acid groups (broad SMARTS) is 1. The Morgan fingerprint density at radius 2 is 1.40 bits per heavy atom. The first-order valence-electron chi connectivity index (χ1n) is 38.5. The molecule has 1 saturated carbocycles. The molecule has 32 nitrogen and oxygen atoms in total. The lowest BCUT2D eigenvalue weighted by Gasteiger charge is -2.38. The maximum atomic E-state index is 14.9. The number of nitrogens with two attached hydrogens (primary N) is 1. The molecule has 0 aromatic heterocycles. The topological polar surface area (TPSA) is 431 Å². The van der Waals surface area contributed by atoms with Crippen LogP contribution in [-0.2, 0) is 73.5 Å². The smallest absolute Gasteiger partial charge is 0.407 e. The van der Waals surface area contributed by atoms with Crippen molar-refractivity contribution in [2.75, 3.05) is 85.7 Å². The summed E-state index contributed by atoms with van der Waals surface area (Å²) in [5.74, 6) is -6.25. The van der Waals surface area contributed by atoms with Crippen LogP contribution in [0, 0.1) is 42.9 Å². The molecule has 0 bridgehead atoms. The Balaban J connectivity index is 1.14. The summed E-state index contributed by atoms with van der Waals surface area (Å²) in [5, 5.41) is 30.4. The molecule has 0 radical (unpaired) electrons. The van der Waals surface area contributed by atoms with Gasteiger partial charge in [-0.3, -0.25) is 62.5 Å². The summed E-state index contributed by atoms with van der Waals surface area (Å²) in [5.41, 5.74) is 7.97. The van der Waals surface area contributed by atoms with Crippen molar-refractivity contribution in [3.63, 3.8) is 0 Å². The minimum atomic E-state index is -1.14. The molecule has 2 aromatic rings. The first-order chi connectivity index (χ1) is 52.4. The number of methoxy groups -OCH3 is 2. The second-order valence-corrected chi connectivity index (χ2v) is 31.9. The Morgan fingerprint density at radius 3 is 1.98 bits per heavy atom. The number of likely N-dealkylation sites (N-methyl/N-ethyl adjacent to an activating group) is 2. The van der Waals surface area contributed by atoms with Gasteiger partial charge in [0.1, 0.15) is 30.8 Å². The molecule has 2 aliphatic heterocycles. The first-order valence-corrected chi connectivity index (χ1v) is 39.5. The minimum Gasteiger partial charge on any atom is -0.481 e. The predicted octanol–water partition coefficient (Wildman–Crippen LogP) is 5.32. The highest BCUT2D eigenvalue weighted by Gasteiger charge is 2.49. The highest BCUT2D eigenvalue weighted by atomic mass is 32.2. The van der Waals surface area contributed by atoms with Crippen LogP contribution in [0.3, 0.4) is 0 Å². The number of unbranched alkanes of at least 4 members (excludes halogenated alkanes) is 2.